The van der Waals surface area contributed by atoms with Crippen LogP contribution in [0.1, 0.15) is 27.9 Å². The van der Waals surface area contributed by atoms with E-state index in [2.05, 4.69) is 25.2 Å². The van der Waals surface area contributed by atoms with Crippen LogP contribution in [0.25, 0.3) is 0 Å². The summed E-state index contributed by atoms with van der Waals surface area (Å²) in [5.41, 5.74) is 4.97. The van der Waals surface area contributed by atoms with E-state index in [-0.39, 0.29) is 11.9 Å². The summed E-state index contributed by atoms with van der Waals surface area (Å²) in [7, 11) is 0. The van der Waals surface area contributed by atoms with Crippen molar-refractivity contribution in [2.24, 2.45) is 0 Å². The number of hydrogen-bond acceptors (Lipinski definition) is 6. The molecule has 1 aliphatic rings. The number of carbonyl (C=O) groups excluding carboxylic acids is 1. The lowest BCUT2D eigenvalue weighted by Crippen LogP contribution is -2.44. The number of nitrogens with one attached hydrogen (secondary N) is 1. The van der Waals surface area contributed by atoms with Crippen molar-refractivity contribution in [3.63, 3.8) is 0 Å². The highest BCUT2D eigenvalue weighted by atomic mass is 32.1. The van der Waals surface area contributed by atoms with Crippen molar-refractivity contribution in [3.8, 4) is 0 Å². The molecule has 0 spiro atoms. The van der Waals surface area contributed by atoms with Crippen LogP contribution in [0, 0.1) is 6.92 Å². The van der Waals surface area contributed by atoms with Crippen molar-refractivity contribution in [2.45, 2.75) is 32.6 Å². The fourth-order valence-electron chi connectivity index (χ4n) is 3.18. The molecule has 7 nitrogen and oxygen atoms in total. The third kappa shape index (κ3) is 3.51. The van der Waals surface area contributed by atoms with Gasteiger partial charge in [-0.1, -0.05) is 6.07 Å². The molecule has 1 N–H and O–H groups in total. The Kier molecular flexibility index (Phi) is 4.77. The Morgan fingerprint density at radius 2 is 2.31 bits per heavy atom. The Hall–Kier alpha value is -2.58. The van der Waals surface area contributed by atoms with Crippen LogP contribution in [-0.4, -0.2) is 36.9 Å². The summed E-state index contributed by atoms with van der Waals surface area (Å²) in [6, 6.07) is 3.54. The minimum absolute atomic E-state index is 0.00108. The van der Waals surface area contributed by atoms with Crippen LogP contribution in [0.5, 0.6) is 0 Å². The maximum Gasteiger partial charge on any atom is 0.244 e. The third-order valence-corrected chi connectivity index (χ3v) is 5.52. The van der Waals surface area contributed by atoms with Gasteiger partial charge < -0.3 is 9.88 Å². The van der Waals surface area contributed by atoms with Gasteiger partial charge in [-0.2, -0.15) is 0 Å². The second-order valence-electron chi connectivity index (χ2n) is 6.42. The molecule has 0 fully saturated rings. The maximum atomic E-state index is 12.8. The predicted molar refractivity (Wildman–Crippen MR) is 98.3 cm³/mol. The Morgan fingerprint density at radius 3 is 3.08 bits per heavy atom. The normalized spacial score (nSPS) is 17.0. The minimum atomic E-state index is -0.286. The predicted octanol–water partition coefficient (Wildman–Crippen LogP) is 1.92. The van der Waals surface area contributed by atoms with E-state index in [1.54, 1.807) is 30.1 Å². The summed E-state index contributed by atoms with van der Waals surface area (Å²) >= 11 is 1.66. The maximum absolute atomic E-state index is 12.8. The van der Waals surface area contributed by atoms with Gasteiger partial charge in [0.1, 0.15) is 6.04 Å². The molecule has 26 heavy (non-hydrogen) atoms. The topological polar surface area (TPSA) is 75.9 Å². The van der Waals surface area contributed by atoms with Gasteiger partial charge >= 0.3 is 0 Å². The minimum Gasteiger partial charge on any atom is -0.350 e. The lowest BCUT2D eigenvalue weighted by Gasteiger charge is -2.33. The summed E-state index contributed by atoms with van der Waals surface area (Å²) in [4.78, 5) is 29.0. The number of carbonyl (C=O) groups is 1. The molecule has 4 rings (SSSR count). The molecule has 0 aromatic carbocycles. The number of amides is 1. The van der Waals surface area contributed by atoms with Crippen LogP contribution in [0.3, 0.4) is 0 Å². The average molecular weight is 368 g/mol. The van der Waals surface area contributed by atoms with E-state index in [0.717, 1.165) is 30.0 Å². The Morgan fingerprint density at radius 1 is 1.38 bits per heavy atom. The second-order valence-corrected chi connectivity index (χ2v) is 7.36. The first kappa shape index (κ1) is 16.9. The van der Waals surface area contributed by atoms with E-state index in [1.165, 1.54) is 4.88 Å². The van der Waals surface area contributed by atoms with Crippen molar-refractivity contribution >= 4 is 17.2 Å². The van der Waals surface area contributed by atoms with Gasteiger partial charge in [0.05, 0.1) is 23.2 Å². The zero-order chi connectivity index (χ0) is 17.9. The molecule has 0 aliphatic carbocycles. The zero-order valence-electron chi connectivity index (χ0n) is 14.5. The highest BCUT2D eigenvalue weighted by molar-refractivity contribution is 7.09. The van der Waals surface area contributed by atoms with E-state index >= 15 is 0 Å². The molecule has 134 valence electrons. The smallest absolute Gasteiger partial charge is 0.244 e. The molecule has 1 atom stereocenters. The first-order valence-corrected chi connectivity index (χ1v) is 9.37. The molecule has 1 amide bonds. The van der Waals surface area contributed by atoms with Gasteiger partial charge in [-0.25, -0.2) is 9.97 Å². The van der Waals surface area contributed by atoms with Crippen molar-refractivity contribution in [1.29, 1.82) is 0 Å². The summed E-state index contributed by atoms with van der Waals surface area (Å²) < 4.78 is 1.98. The van der Waals surface area contributed by atoms with Crippen molar-refractivity contribution in [1.82, 2.24) is 29.7 Å². The fourth-order valence-corrected chi connectivity index (χ4v) is 4.00. The SMILES string of the molecule is Cc1ncsc1CN1Cc2cncn2[C@@H](C(=O)NCc2cccnc2)C1. The molecular formula is C18H20N6OS. The van der Waals surface area contributed by atoms with Gasteiger partial charge in [-0.15, -0.1) is 11.3 Å². The standard InChI is InChI=1S/C18H20N6OS/c1-13-17(26-12-22-13)10-23-8-15-7-20-11-24(15)16(9-23)18(25)21-6-14-3-2-4-19-5-14/h2-5,7,11-12,16H,6,8-10H2,1H3,(H,21,25)/t16-/m1/s1. The molecule has 0 radical (unpaired) electrons. The molecule has 8 heteroatoms. The Labute approximate surface area is 155 Å². The van der Waals surface area contributed by atoms with Crippen LogP contribution in [-0.2, 0) is 24.4 Å². The van der Waals surface area contributed by atoms with E-state index in [9.17, 15) is 4.79 Å². The van der Waals surface area contributed by atoms with Gasteiger partial charge in [-0.3, -0.25) is 14.7 Å². The molecule has 3 aromatic rings. The first-order valence-electron chi connectivity index (χ1n) is 8.49. The number of thiazole rings is 1. The third-order valence-electron chi connectivity index (χ3n) is 4.60. The fraction of sp³-hybridized carbons (Fsp3) is 0.333. The second kappa shape index (κ2) is 7.35. The summed E-state index contributed by atoms with van der Waals surface area (Å²) in [5, 5.41) is 3.03. The highest BCUT2D eigenvalue weighted by Crippen LogP contribution is 2.24. The number of fused-ring (bicyclic) bond motifs is 1. The number of nitrogens with zero attached hydrogens (tertiary/aromatic N) is 5. The summed E-state index contributed by atoms with van der Waals surface area (Å²) in [6.45, 7) is 4.73. The molecule has 3 aromatic heterocycles. The van der Waals surface area contributed by atoms with E-state index < -0.39 is 0 Å². The quantitative estimate of drug-likeness (QED) is 0.745. The molecule has 0 saturated carbocycles. The molecule has 1 aliphatic heterocycles. The van der Waals surface area contributed by atoms with Gasteiger partial charge in [-0.05, 0) is 18.6 Å². The molecule has 0 saturated heterocycles. The molecule has 0 unspecified atom stereocenters. The zero-order valence-corrected chi connectivity index (χ0v) is 15.3. The van der Waals surface area contributed by atoms with E-state index in [1.807, 2.05) is 35.3 Å². The number of imidazole rings is 1. The van der Waals surface area contributed by atoms with Gasteiger partial charge in [0.25, 0.3) is 0 Å². The first-order chi connectivity index (χ1) is 12.7. The largest absolute Gasteiger partial charge is 0.350 e. The molecule has 4 heterocycles. The Balaban J connectivity index is 1.47. The van der Waals surface area contributed by atoms with Crippen molar-refractivity contribution in [2.75, 3.05) is 6.54 Å². The van der Waals surface area contributed by atoms with Crippen LogP contribution < -0.4 is 5.32 Å². The van der Waals surface area contributed by atoms with Crippen molar-refractivity contribution < 1.29 is 4.79 Å². The van der Waals surface area contributed by atoms with E-state index in [0.29, 0.717) is 13.1 Å². The number of aryl methyl sites for hydroxylation is 1. The van der Waals surface area contributed by atoms with Gasteiger partial charge in [0.15, 0.2) is 0 Å². The number of rotatable bonds is 5. The summed E-state index contributed by atoms with van der Waals surface area (Å²) in [6.07, 6.45) is 7.08. The lowest BCUT2D eigenvalue weighted by atomic mass is 10.1. The highest BCUT2D eigenvalue weighted by Gasteiger charge is 2.30. The number of hydrogen-bond donors (Lipinski definition) is 1. The van der Waals surface area contributed by atoms with Crippen LogP contribution in [0.4, 0.5) is 0 Å². The average Bonchev–Trinajstić information content (AvgIpc) is 3.29. The number of aromatic nitrogens is 4. The molecule has 0 bridgehead atoms. The van der Waals surface area contributed by atoms with Crippen LogP contribution in [0.2, 0.25) is 0 Å². The van der Waals surface area contributed by atoms with Crippen LogP contribution in [0.15, 0.2) is 42.6 Å². The van der Waals surface area contributed by atoms with Gasteiger partial charge in [0.2, 0.25) is 5.91 Å². The lowest BCUT2D eigenvalue weighted by molar-refractivity contribution is -0.125. The monoisotopic (exact) mass is 368 g/mol. The van der Waals surface area contributed by atoms with Crippen molar-refractivity contribution in [3.05, 3.63) is 64.4 Å². The number of pyridine rings is 1. The summed E-state index contributed by atoms with van der Waals surface area (Å²) in [5.74, 6) is -0.00108. The van der Waals surface area contributed by atoms with E-state index in [4.69, 9.17) is 0 Å². The molecular weight excluding hydrogens is 348 g/mol. The van der Waals surface area contributed by atoms with Gasteiger partial charge in [0, 0.05) is 49.6 Å². The van der Waals surface area contributed by atoms with Crippen LogP contribution >= 0.6 is 11.3 Å². The Bertz CT molecular complexity index is 890.